The number of hydrogen-bond acceptors (Lipinski definition) is 3. The summed E-state index contributed by atoms with van der Waals surface area (Å²) in [5.74, 6) is 1.49. The molecule has 1 fully saturated rings. The predicted molar refractivity (Wildman–Crippen MR) is 96.2 cm³/mol. The number of nitrogens with one attached hydrogen (secondary N) is 1. The second kappa shape index (κ2) is 6.70. The first-order valence-electron chi connectivity index (χ1n) is 8.90. The normalized spacial score (nSPS) is 18.0. The molecule has 1 saturated heterocycles. The molecule has 0 spiro atoms. The van der Waals surface area contributed by atoms with E-state index in [1.807, 2.05) is 53.2 Å². The number of rotatable bonds is 4. The highest BCUT2D eigenvalue weighted by molar-refractivity contribution is 5.76. The third kappa shape index (κ3) is 3.43. The summed E-state index contributed by atoms with van der Waals surface area (Å²) in [4.78, 5) is 22.7. The first-order valence-corrected chi connectivity index (χ1v) is 8.90. The second-order valence-corrected chi connectivity index (χ2v) is 6.85. The van der Waals surface area contributed by atoms with Gasteiger partial charge in [-0.05, 0) is 37.5 Å². The van der Waals surface area contributed by atoms with Crippen LogP contribution in [0.4, 0.5) is 0 Å². The minimum Gasteiger partial charge on any atom is -0.342 e. The van der Waals surface area contributed by atoms with Crippen LogP contribution >= 0.6 is 0 Å². The van der Waals surface area contributed by atoms with Crippen molar-refractivity contribution in [1.82, 2.24) is 24.6 Å². The fourth-order valence-electron chi connectivity index (χ4n) is 3.55. The van der Waals surface area contributed by atoms with Gasteiger partial charge in [0.2, 0.25) is 5.91 Å². The molecule has 6 heteroatoms. The van der Waals surface area contributed by atoms with Crippen LogP contribution in [-0.2, 0) is 11.3 Å². The maximum Gasteiger partial charge on any atom is 0.224 e. The van der Waals surface area contributed by atoms with Crippen molar-refractivity contribution in [3.05, 3.63) is 48.0 Å². The molecule has 6 nitrogen and oxygen atoms in total. The molecule has 1 aliphatic heterocycles. The fraction of sp³-hybridized carbons (Fsp3) is 0.421. The summed E-state index contributed by atoms with van der Waals surface area (Å²) in [6.07, 6.45) is 6.38. The molecule has 1 aliphatic rings. The van der Waals surface area contributed by atoms with Crippen LogP contribution in [0.3, 0.4) is 0 Å². The Kier molecular flexibility index (Phi) is 4.26. The Morgan fingerprint density at radius 3 is 3.04 bits per heavy atom. The first-order chi connectivity index (χ1) is 12.2. The van der Waals surface area contributed by atoms with E-state index in [4.69, 9.17) is 4.98 Å². The molecular formula is C19H23N5O. The molecule has 0 unspecified atom stereocenters. The fourth-order valence-corrected chi connectivity index (χ4v) is 3.55. The first kappa shape index (κ1) is 15.9. The van der Waals surface area contributed by atoms with Gasteiger partial charge in [-0.1, -0.05) is 12.1 Å². The molecule has 25 heavy (non-hydrogen) atoms. The van der Waals surface area contributed by atoms with Crippen molar-refractivity contribution in [2.24, 2.45) is 0 Å². The molecule has 1 aromatic carbocycles. The lowest BCUT2D eigenvalue weighted by molar-refractivity contribution is -0.132. The van der Waals surface area contributed by atoms with Gasteiger partial charge in [0.1, 0.15) is 5.82 Å². The number of hydrogen-bond donors (Lipinski definition) is 1. The van der Waals surface area contributed by atoms with E-state index in [0.717, 1.165) is 48.4 Å². The van der Waals surface area contributed by atoms with Crippen LogP contribution in [0.1, 0.15) is 36.6 Å². The number of piperidine rings is 1. The van der Waals surface area contributed by atoms with Crippen molar-refractivity contribution < 1.29 is 4.79 Å². The smallest absolute Gasteiger partial charge is 0.224 e. The Morgan fingerprint density at radius 1 is 1.36 bits per heavy atom. The number of benzene rings is 1. The lowest BCUT2D eigenvalue weighted by atomic mass is 9.97. The summed E-state index contributed by atoms with van der Waals surface area (Å²) in [6, 6.07) is 8.08. The average Bonchev–Trinajstić information content (AvgIpc) is 3.25. The summed E-state index contributed by atoms with van der Waals surface area (Å²) in [6.45, 7) is 4.23. The number of amides is 1. The third-order valence-corrected chi connectivity index (χ3v) is 4.89. The van der Waals surface area contributed by atoms with E-state index in [0.29, 0.717) is 13.0 Å². The number of imidazole rings is 1. The van der Waals surface area contributed by atoms with E-state index in [9.17, 15) is 4.79 Å². The summed E-state index contributed by atoms with van der Waals surface area (Å²) < 4.78 is 1.84. The van der Waals surface area contributed by atoms with Gasteiger partial charge in [-0.25, -0.2) is 4.98 Å². The predicted octanol–water partition coefficient (Wildman–Crippen LogP) is 2.86. The average molecular weight is 337 g/mol. The zero-order valence-electron chi connectivity index (χ0n) is 14.5. The topological polar surface area (TPSA) is 66.8 Å². The second-order valence-electron chi connectivity index (χ2n) is 6.85. The number of H-pyrrole nitrogens is 1. The molecule has 1 atom stereocenters. The SMILES string of the molecule is Cc1cnn(CCC(=O)N2CCC[C@H](c3nc4ccccc4[nH]3)C2)c1. The molecule has 1 amide bonds. The molecule has 0 saturated carbocycles. The maximum absolute atomic E-state index is 12.6. The number of aromatic nitrogens is 4. The van der Waals surface area contributed by atoms with Crippen LogP contribution < -0.4 is 0 Å². The number of carbonyl (C=O) groups excluding carboxylic acids is 1. The van der Waals surface area contributed by atoms with Crippen molar-refractivity contribution in [3.63, 3.8) is 0 Å². The summed E-state index contributed by atoms with van der Waals surface area (Å²) in [5.41, 5.74) is 3.18. The summed E-state index contributed by atoms with van der Waals surface area (Å²) in [5, 5.41) is 4.25. The molecule has 3 aromatic rings. The van der Waals surface area contributed by atoms with E-state index in [1.54, 1.807) is 0 Å². The number of carbonyl (C=O) groups is 1. The Labute approximate surface area is 146 Å². The van der Waals surface area contributed by atoms with Crippen LogP contribution in [0.2, 0.25) is 0 Å². The van der Waals surface area contributed by atoms with Gasteiger partial charge in [-0.3, -0.25) is 9.48 Å². The highest BCUT2D eigenvalue weighted by Gasteiger charge is 2.26. The Morgan fingerprint density at radius 2 is 2.24 bits per heavy atom. The van der Waals surface area contributed by atoms with Gasteiger partial charge in [0.15, 0.2) is 0 Å². The standard InChI is InChI=1S/C19H23N5O/c1-14-11-20-24(12-14)10-8-18(25)23-9-4-5-15(13-23)19-21-16-6-2-3-7-17(16)22-19/h2-3,6-7,11-12,15H,4-5,8-10,13H2,1H3,(H,21,22)/t15-/m0/s1. The van der Waals surface area contributed by atoms with Gasteiger partial charge in [0.05, 0.1) is 17.2 Å². The van der Waals surface area contributed by atoms with Crippen LogP contribution in [0.5, 0.6) is 0 Å². The van der Waals surface area contributed by atoms with Gasteiger partial charge in [-0.15, -0.1) is 0 Å². The van der Waals surface area contributed by atoms with E-state index in [-0.39, 0.29) is 11.8 Å². The summed E-state index contributed by atoms with van der Waals surface area (Å²) in [7, 11) is 0. The van der Waals surface area contributed by atoms with Crippen LogP contribution in [0.15, 0.2) is 36.7 Å². The molecule has 0 aliphatic carbocycles. The van der Waals surface area contributed by atoms with Crippen LogP contribution in [0, 0.1) is 6.92 Å². The Balaban J connectivity index is 1.40. The molecule has 4 rings (SSSR count). The number of para-hydroxylation sites is 2. The number of aryl methyl sites for hydroxylation is 2. The van der Waals surface area contributed by atoms with Gasteiger partial charge in [0.25, 0.3) is 0 Å². The Hall–Kier alpha value is -2.63. The largest absolute Gasteiger partial charge is 0.342 e. The van der Waals surface area contributed by atoms with Gasteiger partial charge in [0, 0.05) is 38.2 Å². The van der Waals surface area contributed by atoms with Crippen molar-refractivity contribution in [2.45, 2.75) is 38.6 Å². The molecule has 1 N–H and O–H groups in total. The maximum atomic E-state index is 12.6. The molecule has 2 aromatic heterocycles. The van der Waals surface area contributed by atoms with Crippen LogP contribution in [0.25, 0.3) is 11.0 Å². The lowest BCUT2D eigenvalue weighted by Crippen LogP contribution is -2.39. The third-order valence-electron chi connectivity index (χ3n) is 4.89. The molecule has 130 valence electrons. The van der Waals surface area contributed by atoms with Crippen LogP contribution in [-0.4, -0.2) is 43.6 Å². The van der Waals surface area contributed by atoms with Gasteiger partial charge >= 0.3 is 0 Å². The minimum absolute atomic E-state index is 0.203. The van der Waals surface area contributed by atoms with E-state index < -0.39 is 0 Å². The molecule has 3 heterocycles. The zero-order valence-corrected chi connectivity index (χ0v) is 14.5. The number of fused-ring (bicyclic) bond motifs is 1. The zero-order chi connectivity index (χ0) is 17.2. The van der Waals surface area contributed by atoms with E-state index in [1.165, 1.54) is 0 Å². The number of likely N-dealkylation sites (tertiary alicyclic amines) is 1. The van der Waals surface area contributed by atoms with Crippen molar-refractivity contribution in [3.8, 4) is 0 Å². The number of nitrogens with zero attached hydrogens (tertiary/aromatic N) is 4. The lowest BCUT2D eigenvalue weighted by Gasteiger charge is -2.32. The van der Waals surface area contributed by atoms with Gasteiger partial charge in [-0.2, -0.15) is 5.10 Å². The van der Waals surface area contributed by atoms with E-state index >= 15 is 0 Å². The Bertz CT molecular complexity index is 848. The molecule has 0 radical (unpaired) electrons. The highest BCUT2D eigenvalue weighted by atomic mass is 16.2. The highest BCUT2D eigenvalue weighted by Crippen LogP contribution is 2.27. The molecule has 0 bridgehead atoms. The van der Waals surface area contributed by atoms with E-state index in [2.05, 4.69) is 10.1 Å². The monoisotopic (exact) mass is 337 g/mol. The van der Waals surface area contributed by atoms with Crippen molar-refractivity contribution >= 4 is 16.9 Å². The van der Waals surface area contributed by atoms with Gasteiger partial charge < -0.3 is 9.88 Å². The summed E-state index contributed by atoms with van der Waals surface area (Å²) >= 11 is 0. The van der Waals surface area contributed by atoms with Crippen molar-refractivity contribution in [1.29, 1.82) is 0 Å². The number of aromatic amines is 1. The molecular weight excluding hydrogens is 314 g/mol. The van der Waals surface area contributed by atoms with Crippen molar-refractivity contribution in [2.75, 3.05) is 13.1 Å². The minimum atomic E-state index is 0.203. The quantitative estimate of drug-likeness (QED) is 0.796.